The van der Waals surface area contributed by atoms with Crippen LogP contribution in [0.25, 0.3) is 0 Å². The highest BCUT2D eigenvalue weighted by molar-refractivity contribution is 5.87. The summed E-state index contributed by atoms with van der Waals surface area (Å²) in [5.74, 6) is 12.6. The predicted molar refractivity (Wildman–Crippen MR) is 121 cm³/mol. The highest BCUT2D eigenvalue weighted by Gasteiger charge is 2.65. The number of hydrogen-bond acceptors (Lipinski definition) is 1. The second-order valence-corrected chi connectivity index (χ2v) is 12.6. The van der Waals surface area contributed by atoms with Gasteiger partial charge in [-0.2, -0.15) is 0 Å². The van der Waals surface area contributed by atoms with Gasteiger partial charge in [-0.25, -0.2) is 0 Å². The molecule has 6 saturated carbocycles. The fourth-order valence-corrected chi connectivity index (χ4v) is 7.04. The van der Waals surface area contributed by atoms with Crippen LogP contribution >= 0.6 is 0 Å². The molecule has 0 aromatic rings. The molecule has 0 bridgehead atoms. The van der Waals surface area contributed by atoms with Gasteiger partial charge < -0.3 is 5.32 Å². The molecule has 12 atom stereocenters. The average molecular weight is 408 g/mol. The predicted octanol–water partition coefficient (Wildman–Crippen LogP) is 5.71. The van der Waals surface area contributed by atoms with Crippen molar-refractivity contribution < 1.29 is 4.79 Å². The van der Waals surface area contributed by atoms with Gasteiger partial charge in [-0.15, -0.1) is 0 Å². The normalized spacial score (nSPS) is 52.7. The molecule has 12 unspecified atom stereocenters. The summed E-state index contributed by atoms with van der Waals surface area (Å²) in [5, 5.41) is 3.00. The van der Waals surface area contributed by atoms with E-state index in [2.05, 4.69) is 44.3 Å². The second kappa shape index (κ2) is 7.24. The molecule has 0 spiro atoms. The van der Waals surface area contributed by atoms with Gasteiger partial charge in [0.05, 0.1) is 0 Å². The van der Waals surface area contributed by atoms with Crippen molar-refractivity contribution in [2.24, 2.45) is 76.9 Å². The summed E-state index contributed by atoms with van der Waals surface area (Å²) >= 11 is 0. The summed E-state index contributed by atoms with van der Waals surface area (Å²) in [5.41, 5.74) is 0. The topological polar surface area (TPSA) is 29.1 Å². The third-order valence-electron chi connectivity index (χ3n) is 9.61. The second-order valence-electron chi connectivity index (χ2n) is 12.6. The number of amides is 1. The van der Waals surface area contributed by atoms with Crippen LogP contribution in [0, 0.1) is 76.9 Å². The van der Waals surface area contributed by atoms with Gasteiger partial charge in [-0.05, 0) is 122 Å². The van der Waals surface area contributed by atoms with Crippen LogP contribution in [0.3, 0.4) is 0 Å². The molecule has 0 aromatic heterocycles. The quantitative estimate of drug-likeness (QED) is 0.365. The number of nitrogens with one attached hydrogen (secondary N) is 1. The maximum absolute atomic E-state index is 11.9. The highest BCUT2D eigenvalue weighted by atomic mass is 16.1. The minimum absolute atomic E-state index is 0.101. The third-order valence-corrected chi connectivity index (χ3v) is 9.61. The SMILES string of the molecule is CC(C)CNC(=O)/C=C/C1CC1C1CC1C1CC1C1CC1C1CC1/C=C/C1CC1C. The molecule has 2 heteroatoms. The molecule has 6 aliphatic rings. The van der Waals surface area contributed by atoms with E-state index in [9.17, 15) is 4.79 Å². The van der Waals surface area contributed by atoms with Gasteiger partial charge >= 0.3 is 0 Å². The van der Waals surface area contributed by atoms with Crippen LogP contribution in [-0.2, 0) is 4.79 Å². The molecule has 0 aliphatic heterocycles. The summed E-state index contributed by atoms with van der Waals surface area (Å²) in [4.78, 5) is 11.9. The van der Waals surface area contributed by atoms with E-state index in [4.69, 9.17) is 0 Å². The largest absolute Gasteiger partial charge is 0.352 e. The smallest absolute Gasteiger partial charge is 0.243 e. The van der Waals surface area contributed by atoms with Crippen molar-refractivity contribution >= 4 is 5.91 Å². The average Bonchev–Trinajstić information content (AvgIpc) is 3.50. The van der Waals surface area contributed by atoms with E-state index in [1.165, 1.54) is 25.7 Å². The minimum Gasteiger partial charge on any atom is -0.352 e. The van der Waals surface area contributed by atoms with Crippen molar-refractivity contribution in [1.29, 1.82) is 0 Å². The zero-order valence-electron chi connectivity index (χ0n) is 19.2. The van der Waals surface area contributed by atoms with Crippen molar-refractivity contribution in [2.75, 3.05) is 6.54 Å². The van der Waals surface area contributed by atoms with Crippen LogP contribution in [0.2, 0.25) is 0 Å². The van der Waals surface area contributed by atoms with Crippen molar-refractivity contribution in [3.8, 4) is 0 Å². The molecule has 0 radical (unpaired) electrons. The Morgan fingerprint density at radius 1 is 0.733 bits per heavy atom. The third kappa shape index (κ3) is 4.17. The number of allylic oxidation sites excluding steroid dienone is 3. The zero-order chi connectivity index (χ0) is 20.6. The van der Waals surface area contributed by atoms with Gasteiger partial charge in [0.1, 0.15) is 0 Å². The lowest BCUT2D eigenvalue weighted by Crippen LogP contribution is -2.25. The molecule has 6 fully saturated rings. The Morgan fingerprint density at radius 3 is 1.70 bits per heavy atom. The Hall–Kier alpha value is -1.05. The maximum atomic E-state index is 11.9. The van der Waals surface area contributed by atoms with Crippen LogP contribution < -0.4 is 5.32 Å². The first-order valence-electron chi connectivity index (χ1n) is 13.1. The van der Waals surface area contributed by atoms with Crippen LogP contribution in [-0.4, -0.2) is 12.5 Å². The van der Waals surface area contributed by atoms with Crippen molar-refractivity contribution in [1.82, 2.24) is 5.32 Å². The Morgan fingerprint density at radius 2 is 1.20 bits per heavy atom. The van der Waals surface area contributed by atoms with Crippen molar-refractivity contribution in [2.45, 2.75) is 59.3 Å². The summed E-state index contributed by atoms with van der Waals surface area (Å²) in [6.45, 7) is 7.45. The van der Waals surface area contributed by atoms with Crippen LogP contribution in [0.5, 0.6) is 0 Å². The Balaban J connectivity index is 0.891. The first kappa shape index (κ1) is 19.6. The lowest BCUT2D eigenvalue weighted by atomic mass is 10.1. The highest BCUT2D eigenvalue weighted by Crippen LogP contribution is 2.72. The molecule has 30 heavy (non-hydrogen) atoms. The Kier molecular flexibility index (Phi) is 4.74. The number of rotatable bonds is 10. The van der Waals surface area contributed by atoms with Crippen LogP contribution in [0.1, 0.15) is 59.3 Å². The van der Waals surface area contributed by atoms with E-state index in [1.54, 1.807) is 12.8 Å². The molecular weight excluding hydrogens is 366 g/mol. The van der Waals surface area contributed by atoms with E-state index >= 15 is 0 Å². The van der Waals surface area contributed by atoms with Crippen molar-refractivity contribution in [3.63, 3.8) is 0 Å². The number of hydrogen-bond donors (Lipinski definition) is 1. The van der Waals surface area contributed by atoms with Gasteiger partial charge in [0.2, 0.25) is 5.91 Å². The first-order chi connectivity index (χ1) is 14.5. The molecule has 0 saturated heterocycles. The van der Waals surface area contributed by atoms with Gasteiger partial charge in [0, 0.05) is 6.54 Å². The first-order valence-corrected chi connectivity index (χ1v) is 13.1. The molecule has 164 valence electrons. The fraction of sp³-hybridized carbons (Fsp3) is 0.821. The lowest BCUT2D eigenvalue weighted by molar-refractivity contribution is -0.116. The monoisotopic (exact) mass is 407 g/mol. The summed E-state index contributed by atoms with van der Waals surface area (Å²) in [6, 6.07) is 0. The van der Waals surface area contributed by atoms with E-state index < -0.39 is 0 Å². The molecule has 1 N–H and O–H groups in total. The standard InChI is InChI=1S/C28H41NO/c1-15(2)14-29-28(30)7-6-19-10-21(19)23-12-25(23)27-13-26(27)24-11-22(24)20-9-18(20)5-4-17-8-16(17)3/h4-7,15-27H,8-14H2,1-3H3,(H,29,30)/b5-4+,7-6+. The molecule has 1 amide bonds. The van der Waals surface area contributed by atoms with Crippen LogP contribution in [0.15, 0.2) is 24.3 Å². The molecule has 6 rings (SSSR count). The van der Waals surface area contributed by atoms with E-state index in [-0.39, 0.29) is 5.91 Å². The van der Waals surface area contributed by atoms with Gasteiger partial charge in [-0.3, -0.25) is 4.79 Å². The van der Waals surface area contributed by atoms with Crippen LogP contribution in [0.4, 0.5) is 0 Å². The zero-order valence-corrected chi connectivity index (χ0v) is 19.2. The molecule has 0 aromatic carbocycles. The van der Waals surface area contributed by atoms with E-state index in [1.807, 2.05) is 6.08 Å². The Labute approximate surface area is 183 Å². The molecule has 6 aliphatic carbocycles. The van der Waals surface area contributed by atoms with Gasteiger partial charge in [0.15, 0.2) is 0 Å². The molecule has 2 nitrogen and oxygen atoms in total. The number of carbonyl (C=O) groups excluding carboxylic acids is 1. The lowest BCUT2D eigenvalue weighted by Gasteiger charge is -2.04. The van der Waals surface area contributed by atoms with Gasteiger partial charge in [-0.1, -0.05) is 39.0 Å². The van der Waals surface area contributed by atoms with Crippen molar-refractivity contribution in [3.05, 3.63) is 24.3 Å². The van der Waals surface area contributed by atoms with E-state index in [0.29, 0.717) is 11.8 Å². The summed E-state index contributed by atoms with van der Waals surface area (Å²) < 4.78 is 0. The number of carbonyl (C=O) groups is 1. The Bertz CT molecular complexity index is 752. The maximum Gasteiger partial charge on any atom is 0.243 e. The minimum atomic E-state index is 0.101. The fourth-order valence-electron chi connectivity index (χ4n) is 7.04. The summed E-state index contributed by atoms with van der Waals surface area (Å²) in [6.07, 6.45) is 18.1. The summed E-state index contributed by atoms with van der Waals surface area (Å²) in [7, 11) is 0. The van der Waals surface area contributed by atoms with Gasteiger partial charge in [0.25, 0.3) is 0 Å². The molecule has 0 heterocycles. The van der Waals surface area contributed by atoms with E-state index in [0.717, 1.165) is 71.6 Å². The molecular formula is C28H41NO.